The number of rotatable bonds is 3. The zero-order chi connectivity index (χ0) is 9.90. The highest BCUT2D eigenvalue weighted by atomic mass is 16.2. The van der Waals surface area contributed by atoms with Crippen molar-refractivity contribution in [3.63, 3.8) is 0 Å². The smallest absolute Gasteiger partial charge is 0.240 e. The van der Waals surface area contributed by atoms with Gasteiger partial charge in [0, 0.05) is 6.54 Å². The summed E-state index contributed by atoms with van der Waals surface area (Å²) >= 11 is 0. The van der Waals surface area contributed by atoms with E-state index in [0.29, 0.717) is 6.54 Å². The van der Waals surface area contributed by atoms with Gasteiger partial charge in [-0.05, 0) is 33.1 Å². The van der Waals surface area contributed by atoms with Crippen molar-refractivity contribution in [3.8, 4) is 0 Å². The van der Waals surface area contributed by atoms with Crippen molar-refractivity contribution in [1.82, 2.24) is 5.32 Å². The maximum Gasteiger partial charge on any atom is 0.240 e. The van der Waals surface area contributed by atoms with E-state index in [-0.39, 0.29) is 5.91 Å². The molecule has 0 bridgehead atoms. The van der Waals surface area contributed by atoms with Gasteiger partial charge in [-0.1, -0.05) is 11.6 Å². The summed E-state index contributed by atoms with van der Waals surface area (Å²) in [4.78, 5) is 11.5. The van der Waals surface area contributed by atoms with Crippen LogP contribution in [0.5, 0.6) is 0 Å². The number of amides is 1. The molecule has 1 saturated carbocycles. The topological polar surface area (TPSA) is 55.1 Å². The van der Waals surface area contributed by atoms with Crippen molar-refractivity contribution in [2.75, 3.05) is 6.54 Å². The van der Waals surface area contributed by atoms with Gasteiger partial charge in [0.2, 0.25) is 5.91 Å². The molecule has 3 N–H and O–H groups in total. The number of allylic oxidation sites excluding steroid dienone is 1. The Hall–Kier alpha value is -0.830. The van der Waals surface area contributed by atoms with Gasteiger partial charge in [0.1, 0.15) is 0 Å². The van der Waals surface area contributed by atoms with Gasteiger partial charge in [0.25, 0.3) is 0 Å². The van der Waals surface area contributed by atoms with Crippen LogP contribution in [-0.4, -0.2) is 18.0 Å². The Morgan fingerprint density at radius 3 is 2.54 bits per heavy atom. The molecule has 0 atom stereocenters. The molecule has 0 heterocycles. The molecule has 3 heteroatoms. The fourth-order valence-electron chi connectivity index (χ4n) is 1.31. The Balaban J connectivity index is 2.29. The number of nitrogens with one attached hydrogen (secondary N) is 1. The SMILES string of the molecule is CC(C)=CCNC(=O)C1(N)CCC1. The average Bonchev–Trinajstić information content (AvgIpc) is 1.99. The molecule has 0 unspecified atom stereocenters. The molecule has 13 heavy (non-hydrogen) atoms. The lowest BCUT2D eigenvalue weighted by Crippen LogP contribution is -2.58. The maximum absolute atomic E-state index is 11.5. The quantitative estimate of drug-likeness (QED) is 0.638. The molecule has 0 aliphatic heterocycles. The minimum atomic E-state index is -0.560. The Labute approximate surface area is 79.4 Å². The van der Waals surface area contributed by atoms with Crippen LogP contribution in [-0.2, 0) is 4.79 Å². The number of nitrogens with two attached hydrogens (primary N) is 1. The lowest BCUT2D eigenvalue weighted by Gasteiger charge is -2.36. The third-order valence-corrected chi connectivity index (χ3v) is 2.47. The van der Waals surface area contributed by atoms with Crippen molar-refractivity contribution >= 4 is 5.91 Å². The lowest BCUT2D eigenvalue weighted by molar-refractivity contribution is -0.128. The second-order valence-electron chi connectivity index (χ2n) is 4.00. The van der Waals surface area contributed by atoms with E-state index in [1.807, 2.05) is 19.9 Å². The standard InChI is InChI=1S/C10H18N2O/c1-8(2)4-7-12-9(13)10(11)5-3-6-10/h4H,3,5-7,11H2,1-2H3,(H,12,13). The van der Waals surface area contributed by atoms with E-state index in [1.165, 1.54) is 5.57 Å². The summed E-state index contributed by atoms with van der Waals surface area (Å²) in [6.07, 6.45) is 4.72. The molecule has 74 valence electrons. The van der Waals surface area contributed by atoms with Gasteiger partial charge in [-0.15, -0.1) is 0 Å². The van der Waals surface area contributed by atoms with Gasteiger partial charge >= 0.3 is 0 Å². The third kappa shape index (κ3) is 2.56. The highest BCUT2D eigenvalue weighted by Crippen LogP contribution is 2.28. The summed E-state index contributed by atoms with van der Waals surface area (Å²) < 4.78 is 0. The average molecular weight is 182 g/mol. The highest BCUT2D eigenvalue weighted by Gasteiger charge is 2.39. The van der Waals surface area contributed by atoms with E-state index in [4.69, 9.17) is 5.73 Å². The molecule has 1 aliphatic carbocycles. The van der Waals surface area contributed by atoms with Crippen LogP contribution in [0, 0.1) is 0 Å². The third-order valence-electron chi connectivity index (χ3n) is 2.47. The van der Waals surface area contributed by atoms with E-state index >= 15 is 0 Å². The van der Waals surface area contributed by atoms with E-state index in [0.717, 1.165) is 19.3 Å². The van der Waals surface area contributed by atoms with Crippen LogP contribution in [0.3, 0.4) is 0 Å². The molecule has 1 rings (SSSR count). The first-order chi connectivity index (χ1) is 6.04. The molecule has 3 nitrogen and oxygen atoms in total. The van der Waals surface area contributed by atoms with E-state index in [1.54, 1.807) is 0 Å². The molecule has 1 amide bonds. The molecule has 0 saturated heterocycles. The van der Waals surface area contributed by atoms with Gasteiger partial charge in [0.15, 0.2) is 0 Å². The van der Waals surface area contributed by atoms with Gasteiger partial charge in [0.05, 0.1) is 5.54 Å². The van der Waals surface area contributed by atoms with Crippen LogP contribution in [0.25, 0.3) is 0 Å². The highest BCUT2D eigenvalue weighted by molar-refractivity contribution is 5.87. The Morgan fingerprint density at radius 1 is 1.54 bits per heavy atom. The molecule has 1 aliphatic rings. The predicted octanol–water partition coefficient (Wildman–Crippen LogP) is 0.950. The van der Waals surface area contributed by atoms with E-state index < -0.39 is 5.54 Å². The number of carbonyl (C=O) groups excluding carboxylic acids is 1. The van der Waals surface area contributed by atoms with Crippen LogP contribution >= 0.6 is 0 Å². The van der Waals surface area contributed by atoms with Crippen molar-refractivity contribution in [3.05, 3.63) is 11.6 Å². The van der Waals surface area contributed by atoms with Crippen molar-refractivity contribution in [2.45, 2.75) is 38.6 Å². The van der Waals surface area contributed by atoms with Gasteiger partial charge < -0.3 is 11.1 Å². The summed E-state index contributed by atoms with van der Waals surface area (Å²) in [5.41, 5.74) is 6.48. The molecule has 0 aromatic carbocycles. The molecule has 0 aromatic rings. The first-order valence-corrected chi connectivity index (χ1v) is 4.75. The Morgan fingerprint density at radius 2 is 2.15 bits per heavy atom. The first kappa shape index (κ1) is 10.3. The Bertz CT molecular complexity index is 225. The summed E-state index contributed by atoms with van der Waals surface area (Å²) in [5, 5.41) is 2.82. The predicted molar refractivity (Wildman–Crippen MR) is 53.2 cm³/mol. The van der Waals surface area contributed by atoms with E-state index in [2.05, 4.69) is 5.32 Å². The zero-order valence-electron chi connectivity index (χ0n) is 8.39. The normalized spacial score (nSPS) is 18.7. The van der Waals surface area contributed by atoms with Gasteiger partial charge in [-0.3, -0.25) is 4.79 Å². The monoisotopic (exact) mass is 182 g/mol. The summed E-state index contributed by atoms with van der Waals surface area (Å²) in [7, 11) is 0. The van der Waals surface area contributed by atoms with Gasteiger partial charge in [-0.2, -0.15) is 0 Å². The number of hydrogen-bond donors (Lipinski definition) is 2. The van der Waals surface area contributed by atoms with Crippen LogP contribution in [0.1, 0.15) is 33.1 Å². The zero-order valence-corrected chi connectivity index (χ0v) is 8.39. The number of carbonyl (C=O) groups is 1. The largest absolute Gasteiger partial charge is 0.351 e. The summed E-state index contributed by atoms with van der Waals surface area (Å²) in [6, 6.07) is 0. The molecule has 1 fully saturated rings. The maximum atomic E-state index is 11.5. The van der Waals surface area contributed by atoms with Crippen LogP contribution in [0.2, 0.25) is 0 Å². The van der Waals surface area contributed by atoms with Crippen molar-refractivity contribution in [1.29, 1.82) is 0 Å². The fraction of sp³-hybridized carbons (Fsp3) is 0.700. The molecule has 0 radical (unpaired) electrons. The fourth-order valence-corrected chi connectivity index (χ4v) is 1.31. The van der Waals surface area contributed by atoms with E-state index in [9.17, 15) is 4.79 Å². The minimum Gasteiger partial charge on any atom is -0.351 e. The Kier molecular flexibility index (Phi) is 3.09. The van der Waals surface area contributed by atoms with Crippen LogP contribution in [0.4, 0.5) is 0 Å². The molecule has 0 aromatic heterocycles. The van der Waals surface area contributed by atoms with Crippen molar-refractivity contribution < 1.29 is 4.79 Å². The lowest BCUT2D eigenvalue weighted by atomic mass is 9.77. The number of hydrogen-bond acceptors (Lipinski definition) is 2. The van der Waals surface area contributed by atoms with Crippen LogP contribution < -0.4 is 11.1 Å². The second kappa shape index (κ2) is 3.92. The molecule has 0 spiro atoms. The summed E-state index contributed by atoms with van der Waals surface area (Å²) in [6.45, 7) is 4.61. The molecular formula is C10H18N2O. The molecular weight excluding hydrogens is 164 g/mol. The second-order valence-corrected chi connectivity index (χ2v) is 4.00. The van der Waals surface area contributed by atoms with Crippen LogP contribution in [0.15, 0.2) is 11.6 Å². The first-order valence-electron chi connectivity index (χ1n) is 4.75. The summed E-state index contributed by atoms with van der Waals surface area (Å²) in [5.74, 6) is -0.00347. The minimum absolute atomic E-state index is 0.00347. The van der Waals surface area contributed by atoms with Crippen molar-refractivity contribution in [2.24, 2.45) is 5.73 Å². The van der Waals surface area contributed by atoms with Gasteiger partial charge in [-0.25, -0.2) is 0 Å².